The molecule has 0 saturated heterocycles. The number of para-hydroxylation sites is 1. The summed E-state index contributed by atoms with van der Waals surface area (Å²) in [7, 11) is 0. The summed E-state index contributed by atoms with van der Waals surface area (Å²) in [6, 6.07) is 15.2. The molecule has 2 heterocycles. The van der Waals surface area contributed by atoms with Crippen molar-refractivity contribution in [3.8, 4) is 11.4 Å². The molecule has 6 heteroatoms. The van der Waals surface area contributed by atoms with Crippen LogP contribution in [0.25, 0.3) is 5.69 Å². The molecule has 0 saturated carbocycles. The largest absolute Gasteiger partial charge is 0.480 e. The van der Waals surface area contributed by atoms with Crippen LogP contribution in [0.2, 0.25) is 5.02 Å². The second-order valence-corrected chi connectivity index (χ2v) is 6.35. The number of fused-ring (bicyclic) bond motifs is 1. The van der Waals surface area contributed by atoms with Crippen molar-refractivity contribution in [3.63, 3.8) is 0 Å². The summed E-state index contributed by atoms with van der Waals surface area (Å²) in [4.78, 5) is 12.4. The van der Waals surface area contributed by atoms with Crippen LogP contribution in [0.15, 0.2) is 60.9 Å². The van der Waals surface area contributed by atoms with E-state index >= 15 is 0 Å². The lowest BCUT2D eigenvalue weighted by Gasteiger charge is -2.10. The van der Waals surface area contributed by atoms with Crippen LogP contribution in [-0.2, 0) is 17.8 Å². The molecule has 0 unspecified atom stereocenters. The van der Waals surface area contributed by atoms with E-state index in [0.29, 0.717) is 18.0 Å². The second kappa shape index (κ2) is 6.61. The van der Waals surface area contributed by atoms with Crippen LogP contribution >= 0.6 is 11.6 Å². The first kappa shape index (κ1) is 15.7. The molecule has 0 spiro atoms. The van der Waals surface area contributed by atoms with E-state index in [1.54, 1.807) is 23.0 Å². The van der Waals surface area contributed by atoms with Gasteiger partial charge in [0.1, 0.15) is 5.75 Å². The molecular weight excluding hydrogens is 338 g/mol. The van der Waals surface area contributed by atoms with Crippen LogP contribution in [0.1, 0.15) is 11.1 Å². The van der Waals surface area contributed by atoms with Gasteiger partial charge >= 0.3 is 0 Å². The molecule has 0 aliphatic carbocycles. The van der Waals surface area contributed by atoms with E-state index in [4.69, 9.17) is 16.3 Å². The van der Waals surface area contributed by atoms with E-state index in [9.17, 15) is 4.79 Å². The third kappa shape index (κ3) is 3.37. The van der Waals surface area contributed by atoms with Crippen molar-refractivity contribution in [1.82, 2.24) is 15.1 Å². The lowest BCUT2D eigenvalue weighted by molar-refractivity contribution is -0.127. The summed E-state index contributed by atoms with van der Waals surface area (Å²) in [6.07, 6.45) is 3.67. The van der Waals surface area contributed by atoms with E-state index in [-0.39, 0.29) is 5.91 Å². The predicted molar refractivity (Wildman–Crippen MR) is 95.0 cm³/mol. The summed E-state index contributed by atoms with van der Waals surface area (Å²) in [5.74, 6) is 0.584. The molecule has 1 aliphatic heterocycles. The molecule has 1 aromatic heterocycles. The van der Waals surface area contributed by atoms with Crippen LogP contribution in [-0.4, -0.2) is 21.8 Å². The zero-order valence-corrected chi connectivity index (χ0v) is 14.1. The number of rotatable bonds is 4. The average molecular weight is 354 g/mol. The number of ether oxygens (including phenoxy) is 1. The van der Waals surface area contributed by atoms with Gasteiger partial charge in [-0.1, -0.05) is 29.8 Å². The van der Waals surface area contributed by atoms with E-state index < -0.39 is 6.10 Å². The molecule has 1 N–H and O–H groups in total. The van der Waals surface area contributed by atoms with Crippen LogP contribution in [0.4, 0.5) is 0 Å². The Balaban J connectivity index is 1.36. The lowest BCUT2D eigenvalue weighted by Crippen LogP contribution is -2.36. The SMILES string of the molecule is O=C(NCc1cnn(-c2ccccc2)c1)[C@H]1Cc2cc(Cl)ccc2O1. The molecule has 4 rings (SSSR count). The molecule has 5 nitrogen and oxygen atoms in total. The zero-order chi connectivity index (χ0) is 17.2. The molecule has 0 fully saturated rings. The van der Waals surface area contributed by atoms with Crippen molar-refractivity contribution in [2.24, 2.45) is 0 Å². The molecule has 0 radical (unpaired) electrons. The van der Waals surface area contributed by atoms with Gasteiger partial charge in [-0.05, 0) is 35.9 Å². The highest BCUT2D eigenvalue weighted by molar-refractivity contribution is 6.30. The Hall–Kier alpha value is -2.79. The first-order valence-corrected chi connectivity index (χ1v) is 8.38. The number of nitrogens with zero attached hydrogens (tertiary/aromatic N) is 2. The third-order valence-corrected chi connectivity index (χ3v) is 4.35. The third-order valence-electron chi connectivity index (χ3n) is 4.11. The maximum atomic E-state index is 12.4. The Morgan fingerprint density at radius 1 is 1.28 bits per heavy atom. The van der Waals surface area contributed by atoms with Crippen molar-refractivity contribution in [3.05, 3.63) is 77.1 Å². The molecule has 2 aromatic carbocycles. The summed E-state index contributed by atoms with van der Waals surface area (Å²) in [5, 5.41) is 7.88. The molecular formula is C19H16ClN3O2. The van der Waals surface area contributed by atoms with Gasteiger partial charge in [0.2, 0.25) is 0 Å². The van der Waals surface area contributed by atoms with Crippen molar-refractivity contribution in [2.75, 3.05) is 0 Å². The monoisotopic (exact) mass is 353 g/mol. The number of carbonyl (C=O) groups excluding carboxylic acids is 1. The number of hydrogen-bond donors (Lipinski definition) is 1. The highest BCUT2D eigenvalue weighted by atomic mass is 35.5. The minimum Gasteiger partial charge on any atom is -0.480 e. The number of aromatic nitrogens is 2. The minimum absolute atomic E-state index is 0.139. The summed E-state index contributed by atoms with van der Waals surface area (Å²) < 4.78 is 7.48. The molecule has 3 aromatic rings. The van der Waals surface area contributed by atoms with Gasteiger partial charge in [0.15, 0.2) is 6.10 Å². The lowest BCUT2D eigenvalue weighted by atomic mass is 10.1. The minimum atomic E-state index is -0.516. The summed E-state index contributed by atoms with van der Waals surface area (Å²) >= 11 is 5.98. The second-order valence-electron chi connectivity index (χ2n) is 5.91. The number of hydrogen-bond acceptors (Lipinski definition) is 3. The quantitative estimate of drug-likeness (QED) is 0.784. The van der Waals surface area contributed by atoms with Crippen molar-refractivity contribution in [1.29, 1.82) is 0 Å². The van der Waals surface area contributed by atoms with Gasteiger partial charge in [-0.3, -0.25) is 4.79 Å². The normalized spacial score (nSPS) is 15.5. The van der Waals surface area contributed by atoms with Crippen LogP contribution in [0, 0.1) is 0 Å². The Morgan fingerprint density at radius 2 is 2.12 bits per heavy atom. The average Bonchev–Trinajstić information content (AvgIpc) is 3.27. The van der Waals surface area contributed by atoms with Crippen molar-refractivity contribution < 1.29 is 9.53 Å². The van der Waals surface area contributed by atoms with Gasteiger partial charge in [0, 0.05) is 29.7 Å². The molecule has 1 atom stereocenters. The highest BCUT2D eigenvalue weighted by Gasteiger charge is 2.29. The topological polar surface area (TPSA) is 56.2 Å². The fourth-order valence-electron chi connectivity index (χ4n) is 2.84. The number of carbonyl (C=O) groups is 1. The standard InChI is InChI=1S/C19H16ClN3O2/c20-15-6-7-17-14(8-15)9-18(25-17)19(24)21-10-13-11-22-23(12-13)16-4-2-1-3-5-16/h1-8,11-12,18H,9-10H2,(H,21,24)/t18-/m1/s1. The number of nitrogens with one attached hydrogen (secondary N) is 1. The van der Waals surface area contributed by atoms with Gasteiger partial charge in [-0.2, -0.15) is 5.10 Å². The Kier molecular flexibility index (Phi) is 4.15. The number of amides is 1. The molecule has 1 aliphatic rings. The van der Waals surface area contributed by atoms with E-state index in [1.807, 2.05) is 42.6 Å². The van der Waals surface area contributed by atoms with Crippen LogP contribution in [0.5, 0.6) is 5.75 Å². The fraction of sp³-hybridized carbons (Fsp3) is 0.158. The fourth-order valence-corrected chi connectivity index (χ4v) is 3.03. The smallest absolute Gasteiger partial charge is 0.261 e. The van der Waals surface area contributed by atoms with Crippen molar-refractivity contribution >= 4 is 17.5 Å². The summed E-state index contributed by atoms with van der Waals surface area (Å²) in [5.41, 5.74) is 2.87. The maximum absolute atomic E-state index is 12.4. The number of halogens is 1. The van der Waals surface area contributed by atoms with E-state index in [0.717, 1.165) is 22.6 Å². The Morgan fingerprint density at radius 3 is 2.96 bits per heavy atom. The first-order valence-electron chi connectivity index (χ1n) is 8.01. The molecule has 25 heavy (non-hydrogen) atoms. The Labute approximate surface area is 150 Å². The molecule has 126 valence electrons. The van der Waals surface area contributed by atoms with Gasteiger partial charge in [0.25, 0.3) is 5.91 Å². The zero-order valence-electron chi connectivity index (χ0n) is 13.4. The highest BCUT2D eigenvalue weighted by Crippen LogP contribution is 2.31. The van der Waals surface area contributed by atoms with E-state index in [1.165, 1.54) is 0 Å². The van der Waals surface area contributed by atoms with Crippen LogP contribution < -0.4 is 10.1 Å². The van der Waals surface area contributed by atoms with Gasteiger partial charge in [-0.15, -0.1) is 0 Å². The maximum Gasteiger partial charge on any atom is 0.261 e. The van der Waals surface area contributed by atoms with E-state index in [2.05, 4.69) is 10.4 Å². The van der Waals surface area contributed by atoms with Gasteiger partial charge < -0.3 is 10.1 Å². The van der Waals surface area contributed by atoms with Gasteiger partial charge in [-0.25, -0.2) is 4.68 Å². The molecule has 0 bridgehead atoms. The predicted octanol–water partition coefficient (Wildman–Crippen LogP) is 3.15. The number of benzene rings is 2. The van der Waals surface area contributed by atoms with Crippen molar-refractivity contribution in [2.45, 2.75) is 19.1 Å². The van der Waals surface area contributed by atoms with Gasteiger partial charge in [0.05, 0.1) is 11.9 Å². The Bertz CT molecular complexity index is 908. The first-order chi connectivity index (χ1) is 12.2. The molecule has 1 amide bonds. The van der Waals surface area contributed by atoms with Crippen LogP contribution in [0.3, 0.4) is 0 Å². The summed E-state index contributed by atoms with van der Waals surface area (Å²) in [6.45, 7) is 0.405.